The third-order valence-corrected chi connectivity index (χ3v) is 4.03. The molecule has 26 heavy (non-hydrogen) atoms. The third-order valence-electron chi connectivity index (χ3n) is 4.03. The number of carbonyl (C=O) groups excluding carboxylic acids is 1. The van der Waals surface area contributed by atoms with E-state index in [2.05, 4.69) is 31.3 Å². The van der Waals surface area contributed by atoms with Gasteiger partial charge in [0.25, 0.3) is 0 Å². The van der Waals surface area contributed by atoms with Crippen molar-refractivity contribution in [2.45, 2.75) is 46.1 Å². The van der Waals surface area contributed by atoms with Gasteiger partial charge < -0.3 is 14.8 Å². The van der Waals surface area contributed by atoms with Gasteiger partial charge in [-0.3, -0.25) is 0 Å². The number of rotatable bonds is 11. The van der Waals surface area contributed by atoms with E-state index in [-0.39, 0.29) is 5.97 Å². The van der Waals surface area contributed by atoms with Gasteiger partial charge in [0, 0.05) is 18.3 Å². The minimum absolute atomic E-state index is 0.320. The Morgan fingerprint density at radius 3 is 2.42 bits per heavy atom. The molecule has 0 fully saturated rings. The van der Waals surface area contributed by atoms with E-state index in [0.29, 0.717) is 24.5 Å². The lowest BCUT2D eigenvalue weighted by Crippen LogP contribution is -2.10. The zero-order valence-electron chi connectivity index (χ0n) is 15.8. The number of hydrogen-bond acceptors (Lipinski definition) is 4. The van der Waals surface area contributed by atoms with Crippen molar-refractivity contribution in [3.8, 4) is 5.75 Å². The fraction of sp³-hybridized carbons (Fsp3) is 0.409. The smallest absolute Gasteiger partial charge is 0.341 e. The zero-order chi connectivity index (χ0) is 18.6. The first-order valence-corrected chi connectivity index (χ1v) is 9.46. The summed E-state index contributed by atoms with van der Waals surface area (Å²) in [5.41, 5.74) is 2.61. The average molecular weight is 355 g/mol. The molecule has 0 aliphatic carbocycles. The van der Waals surface area contributed by atoms with Crippen molar-refractivity contribution in [2.75, 3.05) is 18.5 Å². The summed E-state index contributed by atoms with van der Waals surface area (Å²) < 4.78 is 11.2. The Morgan fingerprint density at radius 1 is 0.962 bits per heavy atom. The second kappa shape index (κ2) is 11.2. The highest BCUT2D eigenvalue weighted by atomic mass is 16.5. The van der Waals surface area contributed by atoms with Crippen LogP contribution in [0.3, 0.4) is 0 Å². The highest BCUT2D eigenvalue weighted by Gasteiger charge is 2.15. The maximum absolute atomic E-state index is 12.3. The van der Waals surface area contributed by atoms with Gasteiger partial charge >= 0.3 is 5.97 Å². The number of benzene rings is 2. The lowest BCUT2D eigenvalue weighted by Gasteiger charge is -2.14. The minimum atomic E-state index is -0.320. The predicted molar refractivity (Wildman–Crippen MR) is 106 cm³/mol. The van der Waals surface area contributed by atoms with Crippen molar-refractivity contribution in [3.05, 3.63) is 59.7 Å². The van der Waals surface area contributed by atoms with Crippen molar-refractivity contribution >= 4 is 11.7 Å². The van der Waals surface area contributed by atoms with E-state index in [0.717, 1.165) is 37.9 Å². The fourth-order valence-corrected chi connectivity index (χ4v) is 2.43. The van der Waals surface area contributed by atoms with Gasteiger partial charge in [0.05, 0.1) is 13.2 Å². The monoisotopic (exact) mass is 355 g/mol. The van der Waals surface area contributed by atoms with Gasteiger partial charge in [-0.15, -0.1) is 0 Å². The van der Waals surface area contributed by atoms with Crippen molar-refractivity contribution in [3.63, 3.8) is 0 Å². The van der Waals surface area contributed by atoms with Gasteiger partial charge in [-0.1, -0.05) is 57.0 Å². The molecule has 0 aromatic heterocycles. The molecule has 0 amide bonds. The summed E-state index contributed by atoms with van der Waals surface area (Å²) in [5, 5.41) is 3.38. The largest absolute Gasteiger partial charge is 0.493 e. The van der Waals surface area contributed by atoms with Crippen molar-refractivity contribution < 1.29 is 14.3 Å². The molecule has 0 radical (unpaired) electrons. The molecule has 1 N–H and O–H groups in total. The number of anilines is 1. The Labute approximate surface area is 156 Å². The van der Waals surface area contributed by atoms with E-state index in [1.807, 2.05) is 30.3 Å². The molecule has 2 aromatic carbocycles. The van der Waals surface area contributed by atoms with Crippen LogP contribution in [0.4, 0.5) is 5.69 Å². The SMILES string of the molecule is CCCCOC(=O)c1ccc(NCc2ccccc2)cc1OCCCC. The van der Waals surface area contributed by atoms with Gasteiger partial charge in [0.2, 0.25) is 0 Å². The van der Waals surface area contributed by atoms with Crippen LogP contribution in [0.2, 0.25) is 0 Å². The van der Waals surface area contributed by atoms with E-state index in [1.54, 1.807) is 6.07 Å². The third kappa shape index (κ3) is 6.43. The van der Waals surface area contributed by atoms with Crippen LogP contribution in [-0.2, 0) is 11.3 Å². The summed E-state index contributed by atoms with van der Waals surface area (Å²) in [4.78, 5) is 12.3. The molecule has 2 aromatic rings. The van der Waals surface area contributed by atoms with Gasteiger partial charge in [0.15, 0.2) is 0 Å². The fourth-order valence-electron chi connectivity index (χ4n) is 2.43. The Kier molecular flexibility index (Phi) is 8.53. The number of hydrogen-bond donors (Lipinski definition) is 1. The first kappa shape index (κ1) is 19.8. The lowest BCUT2D eigenvalue weighted by molar-refractivity contribution is 0.0495. The normalized spacial score (nSPS) is 10.4. The summed E-state index contributed by atoms with van der Waals surface area (Å²) in [6.45, 7) is 5.93. The van der Waals surface area contributed by atoms with Gasteiger partial charge in [-0.05, 0) is 30.5 Å². The molecule has 0 aliphatic heterocycles. The Hall–Kier alpha value is -2.49. The van der Waals surface area contributed by atoms with Gasteiger partial charge in [-0.2, -0.15) is 0 Å². The van der Waals surface area contributed by atoms with E-state index >= 15 is 0 Å². The van der Waals surface area contributed by atoms with Crippen LogP contribution in [0.15, 0.2) is 48.5 Å². The number of carbonyl (C=O) groups is 1. The highest BCUT2D eigenvalue weighted by molar-refractivity contribution is 5.93. The summed E-state index contributed by atoms with van der Waals surface area (Å²) in [6, 6.07) is 15.7. The van der Waals surface area contributed by atoms with Crippen molar-refractivity contribution in [1.29, 1.82) is 0 Å². The van der Waals surface area contributed by atoms with E-state index in [4.69, 9.17) is 9.47 Å². The average Bonchev–Trinajstić information content (AvgIpc) is 2.67. The molecule has 0 spiro atoms. The molecule has 4 nitrogen and oxygen atoms in total. The maximum atomic E-state index is 12.3. The number of esters is 1. The van der Waals surface area contributed by atoms with Gasteiger partial charge in [-0.25, -0.2) is 4.79 Å². The lowest BCUT2D eigenvalue weighted by atomic mass is 10.1. The van der Waals surface area contributed by atoms with Crippen LogP contribution in [0.25, 0.3) is 0 Å². The molecule has 0 saturated heterocycles. The maximum Gasteiger partial charge on any atom is 0.341 e. The second-order valence-corrected chi connectivity index (χ2v) is 6.24. The van der Waals surface area contributed by atoms with Crippen molar-refractivity contribution in [1.82, 2.24) is 0 Å². The summed E-state index contributed by atoms with van der Waals surface area (Å²) in [5.74, 6) is 0.262. The second-order valence-electron chi connectivity index (χ2n) is 6.24. The van der Waals surface area contributed by atoms with Crippen molar-refractivity contribution in [2.24, 2.45) is 0 Å². The number of nitrogens with one attached hydrogen (secondary N) is 1. The molecule has 0 bridgehead atoms. The number of unbranched alkanes of at least 4 members (excludes halogenated alkanes) is 2. The van der Waals surface area contributed by atoms with Gasteiger partial charge in [0.1, 0.15) is 11.3 Å². The molecular weight excluding hydrogens is 326 g/mol. The topological polar surface area (TPSA) is 47.6 Å². The van der Waals surface area contributed by atoms with E-state index in [9.17, 15) is 4.79 Å². The Bertz CT molecular complexity index is 670. The molecule has 2 rings (SSSR count). The molecule has 0 atom stereocenters. The highest BCUT2D eigenvalue weighted by Crippen LogP contribution is 2.25. The van der Waals surface area contributed by atoms with E-state index < -0.39 is 0 Å². The van der Waals surface area contributed by atoms with Crippen LogP contribution >= 0.6 is 0 Å². The first-order chi connectivity index (χ1) is 12.7. The molecule has 0 unspecified atom stereocenters. The molecule has 4 heteroatoms. The Morgan fingerprint density at radius 2 is 1.69 bits per heavy atom. The van der Waals surface area contributed by atoms with Crippen LogP contribution in [0, 0.1) is 0 Å². The molecule has 0 aliphatic rings. The standard InChI is InChI=1S/C22H29NO3/c1-3-5-14-25-21-16-19(23-17-18-10-8-7-9-11-18)12-13-20(21)22(24)26-15-6-4-2/h7-13,16,23H,3-6,14-15,17H2,1-2H3. The molecule has 0 heterocycles. The van der Waals surface area contributed by atoms with Crippen LogP contribution in [-0.4, -0.2) is 19.2 Å². The summed E-state index contributed by atoms with van der Waals surface area (Å²) >= 11 is 0. The van der Waals surface area contributed by atoms with E-state index in [1.165, 1.54) is 5.56 Å². The summed E-state index contributed by atoms with van der Waals surface area (Å²) in [7, 11) is 0. The molecular formula is C22H29NO3. The zero-order valence-corrected chi connectivity index (χ0v) is 15.8. The molecule has 0 saturated carbocycles. The predicted octanol–water partition coefficient (Wildman–Crippen LogP) is 5.43. The first-order valence-electron chi connectivity index (χ1n) is 9.46. The number of ether oxygens (including phenoxy) is 2. The van der Waals surface area contributed by atoms with Crippen LogP contribution in [0.5, 0.6) is 5.75 Å². The Balaban J connectivity index is 2.07. The minimum Gasteiger partial charge on any atom is -0.493 e. The quantitative estimate of drug-likeness (QED) is 0.431. The van der Waals surface area contributed by atoms with Crippen LogP contribution in [0.1, 0.15) is 55.5 Å². The van der Waals surface area contributed by atoms with Crippen LogP contribution < -0.4 is 10.1 Å². The summed E-state index contributed by atoms with van der Waals surface area (Å²) in [6.07, 6.45) is 3.86. The molecule has 140 valence electrons.